The van der Waals surface area contributed by atoms with Gasteiger partial charge in [-0.15, -0.1) is 0 Å². The van der Waals surface area contributed by atoms with Gasteiger partial charge in [-0.3, -0.25) is 10.1 Å². The van der Waals surface area contributed by atoms with Crippen LogP contribution in [0.1, 0.15) is 0 Å². The van der Waals surface area contributed by atoms with E-state index >= 15 is 0 Å². The second-order valence-corrected chi connectivity index (χ2v) is 2.76. The van der Waals surface area contributed by atoms with Crippen LogP contribution in [0.4, 0.5) is 5.69 Å². The highest BCUT2D eigenvalue weighted by atomic mass is 16.6. The number of carbonyl (C=O) groups is 1. The molecule has 84 valence electrons. The Hall–Kier alpha value is -2.21. The van der Waals surface area contributed by atoms with Crippen molar-refractivity contribution in [1.29, 1.82) is 0 Å². The van der Waals surface area contributed by atoms with Gasteiger partial charge in [0.2, 0.25) is 0 Å². The number of rotatable bonds is 4. The topological polar surface area (TPSA) is 89.7 Å². The van der Waals surface area contributed by atoms with E-state index in [1.165, 1.54) is 30.3 Å². The molecule has 1 rings (SSSR count). The number of non-ortho nitro benzene ring substituents is 1. The Labute approximate surface area is 90.9 Å². The minimum absolute atomic E-state index is 0.0781. The SMILES string of the molecule is O=C(C=CCO)Oc1ccc([N+](=O)[O-])cc1. The lowest BCUT2D eigenvalue weighted by Crippen LogP contribution is -2.03. The number of nitrogens with zero attached hydrogens (tertiary/aromatic N) is 1. The van der Waals surface area contributed by atoms with Crippen LogP contribution in [0, 0.1) is 10.1 Å². The minimum Gasteiger partial charge on any atom is -0.423 e. The van der Waals surface area contributed by atoms with E-state index in [1.807, 2.05) is 0 Å². The summed E-state index contributed by atoms with van der Waals surface area (Å²) in [6.45, 7) is -0.255. The summed E-state index contributed by atoms with van der Waals surface area (Å²) < 4.78 is 4.79. The van der Waals surface area contributed by atoms with Gasteiger partial charge >= 0.3 is 5.97 Å². The van der Waals surface area contributed by atoms with Crippen LogP contribution in [-0.2, 0) is 4.79 Å². The molecule has 0 heterocycles. The van der Waals surface area contributed by atoms with Crippen LogP contribution in [0.25, 0.3) is 0 Å². The van der Waals surface area contributed by atoms with Crippen LogP contribution in [0.15, 0.2) is 36.4 Å². The van der Waals surface area contributed by atoms with Crippen molar-refractivity contribution in [2.75, 3.05) is 6.61 Å². The lowest BCUT2D eigenvalue weighted by Gasteiger charge is -1.99. The maximum atomic E-state index is 11.0. The van der Waals surface area contributed by atoms with Gasteiger partial charge in [0.25, 0.3) is 5.69 Å². The zero-order chi connectivity index (χ0) is 12.0. The molecule has 0 bridgehead atoms. The Balaban J connectivity index is 2.65. The van der Waals surface area contributed by atoms with E-state index in [4.69, 9.17) is 9.84 Å². The monoisotopic (exact) mass is 223 g/mol. The Morgan fingerprint density at radius 1 is 1.44 bits per heavy atom. The van der Waals surface area contributed by atoms with Crippen LogP contribution in [-0.4, -0.2) is 22.6 Å². The van der Waals surface area contributed by atoms with Gasteiger partial charge in [0.1, 0.15) is 5.75 Å². The van der Waals surface area contributed by atoms with Crippen molar-refractivity contribution in [2.24, 2.45) is 0 Å². The fourth-order valence-corrected chi connectivity index (χ4v) is 0.935. The molecule has 16 heavy (non-hydrogen) atoms. The van der Waals surface area contributed by atoms with Crippen molar-refractivity contribution >= 4 is 11.7 Å². The summed E-state index contributed by atoms with van der Waals surface area (Å²) in [6.07, 6.45) is 2.30. The number of ether oxygens (including phenoxy) is 1. The predicted molar refractivity (Wildman–Crippen MR) is 55.0 cm³/mol. The summed E-state index contributed by atoms with van der Waals surface area (Å²) in [5.41, 5.74) is -0.0781. The molecule has 0 aliphatic heterocycles. The Kier molecular flexibility index (Phi) is 4.16. The van der Waals surface area contributed by atoms with E-state index in [9.17, 15) is 14.9 Å². The molecule has 1 aromatic carbocycles. The van der Waals surface area contributed by atoms with Crippen molar-refractivity contribution in [3.63, 3.8) is 0 Å². The first-order valence-electron chi connectivity index (χ1n) is 4.37. The van der Waals surface area contributed by atoms with E-state index in [1.54, 1.807) is 0 Å². The first-order chi connectivity index (χ1) is 7.63. The summed E-state index contributed by atoms with van der Waals surface area (Å²) in [4.78, 5) is 20.8. The number of hydrogen-bond donors (Lipinski definition) is 1. The molecule has 0 spiro atoms. The standard InChI is InChI=1S/C10H9NO5/c12-7-1-2-10(13)16-9-5-3-8(4-6-9)11(14)15/h1-6,12H,7H2. The number of carbonyl (C=O) groups excluding carboxylic acids is 1. The van der Waals surface area contributed by atoms with Crippen LogP contribution < -0.4 is 4.74 Å². The van der Waals surface area contributed by atoms with Crippen molar-refractivity contribution in [3.05, 3.63) is 46.5 Å². The van der Waals surface area contributed by atoms with Gasteiger partial charge in [0, 0.05) is 18.2 Å². The summed E-state index contributed by atoms with van der Waals surface area (Å²) >= 11 is 0. The second-order valence-electron chi connectivity index (χ2n) is 2.76. The molecule has 0 saturated heterocycles. The van der Waals surface area contributed by atoms with E-state index in [0.717, 1.165) is 6.08 Å². The van der Waals surface area contributed by atoms with Crippen molar-refractivity contribution in [3.8, 4) is 5.75 Å². The van der Waals surface area contributed by atoms with Gasteiger partial charge in [-0.1, -0.05) is 6.08 Å². The Morgan fingerprint density at radius 2 is 2.06 bits per heavy atom. The number of benzene rings is 1. The first kappa shape index (κ1) is 11.9. The zero-order valence-corrected chi connectivity index (χ0v) is 8.20. The fraction of sp³-hybridized carbons (Fsp3) is 0.100. The first-order valence-corrected chi connectivity index (χ1v) is 4.37. The van der Waals surface area contributed by atoms with Gasteiger partial charge in [0.15, 0.2) is 0 Å². The molecular formula is C10H9NO5. The molecule has 1 aromatic rings. The molecule has 1 N–H and O–H groups in total. The lowest BCUT2D eigenvalue weighted by molar-refractivity contribution is -0.384. The number of hydrogen-bond acceptors (Lipinski definition) is 5. The van der Waals surface area contributed by atoms with Gasteiger partial charge in [-0.05, 0) is 12.1 Å². The Morgan fingerprint density at radius 3 is 2.56 bits per heavy atom. The van der Waals surface area contributed by atoms with Gasteiger partial charge < -0.3 is 9.84 Å². The summed E-state index contributed by atoms with van der Waals surface area (Å²) in [5.74, 6) is -0.443. The number of aliphatic hydroxyl groups excluding tert-OH is 1. The van der Waals surface area contributed by atoms with Crippen LogP contribution in [0.2, 0.25) is 0 Å². The largest absolute Gasteiger partial charge is 0.423 e. The normalized spacial score (nSPS) is 10.3. The fourth-order valence-electron chi connectivity index (χ4n) is 0.935. The molecule has 0 unspecified atom stereocenters. The molecule has 0 aliphatic rings. The van der Waals surface area contributed by atoms with Crippen molar-refractivity contribution in [2.45, 2.75) is 0 Å². The van der Waals surface area contributed by atoms with Crippen LogP contribution in [0.5, 0.6) is 5.75 Å². The molecule has 6 heteroatoms. The molecular weight excluding hydrogens is 214 g/mol. The zero-order valence-electron chi connectivity index (χ0n) is 8.20. The molecule has 0 fully saturated rings. The second kappa shape index (κ2) is 5.62. The average molecular weight is 223 g/mol. The third kappa shape index (κ3) is 3.50. The smallest absolute Gasteiger partial charge is 0.335 e. The van der Waals surface area contributed by atoms with Crippen LogP contribution in [0.3, 0.4) is 0 Å². The number of nitro groups is 1. The Bertz CT molecular complexity index is 410. The maximum Gasteiger partial charge on any atom is 0.335 e. The highest BCUT2D eigenvalue weighted by Crippen LogP contribution is 2.17. The molecule has 0 aromatic heterocycles. The quantitative estimate of drug-likeness (QED) is 0.271. The summed E-state index contributed by atoms with van der Waals surface area (Å²) in [6, 6.07) is 5.11. The molecule has 0 atom stereocenters. The van der Waals surface area contributed by atoms with E-state index in [-0.39, 0.29) is 18.0 Å². The highest BCUT2D eigenvalue weighted by molar-refractivity contribution is 5.84. The third-order valence-corrected chi connectivity index (χ3v) is 1.63. The average Bonchev–Trinajstić information content (AvgIpc) is 2.27. The molecule has 0 saturated carbocycles. The predicted octanol–water partition coefficient (Wildman–Crippen LogP) is 1.05. The lowest BCUT2D eigenvalue weighted by atomic mass is 10.3. The van der Waals surface area contributed by atoms with Crippen molar-refractivity contribution in [1.82, 2.24) is 0 Å². The summed E-state index contributed by atoms with van der Waals surface area (Å²) in [5, 5.41) is 18.7. The van der Waals surface area contributed by atoms with Gasteiger partial charge in [-0.2, -0.15) is 0 Å². The molecule has 6 nitrogen and oxygen atoms in total. The third-order valence-electron chi connectivity index (χ3n) is 1.63. The maximum absolute atomic E-state index is 11.0. The molecule has 0 aliphatic carbocycles. The minimum atomic E-state index is -0.650. The highest BCUT2D eigenvalue weighted by Gasteiger charge is 2.05. The number of nitro benzene ring substituents is 1. The molecule has 0 amide bonds. The van der Waals surface area contributed by atoms with Crippen molar-refractivity contribution < 1.29 is 19.6 Å². The van der Waals surface area contributed by atoms with Crippen LogP contribution >= 0.6 is 0 Å². The van der Waals surface area contributed by atoms with E-state index in [2.05, 4.69) is 0 Å². The van der Waals surface area contributed by atoms with Gasteiger partial charge in [0.05, 0.1) is 11.5 Å². The van der Waals surface area contributed by atoms with E-state index in [0.29, 0.717) is 0 Å². The van der Waals surface area contributed by atoms with Gasteiger partial charge in [-0.25, -0.2) is 4.79 Å². The van der Waals surface area contributed by atoms with E-state index < -0.39 is 10.9 Å². The molecule has 0 radical (unpaired) electrons. The summed E-state index contributed by atoms with van der Waals surface area (Å²) in [7, 11) is 0. The number of esters is 1. The number of aliphatic hydroxyl groups is 1.